The summed E-state index contributed by atoms with van der Waals surface area (Å²) in [6.45, 7) is 0.0495. The van der Waals surface area contributed by atoms with Gasteiger partial charge in [-0.3, -0.25) is 14.6 Å². The van der Waals surface area contributed by atoms with Crippen LogP contribution in [0.5, 0.6) is 0 Å². The second kappa shape index (κ2) is 8.98. The Kier molecular flexibility index (Phi) is 6.29. The van der Waals surface area contributed by atoms with Gasteiger partial charge < -0.3 is 20.8 Å². The second-order valence-electron chi connectivity index (χ2n) is 7.14. The number of carbonyl (C=O) groups is 2. The summed E-state index contributed by atoms with van der Waals surface area (Å²) < 4.78 is 34.4. The average molecular weight is 522 g/mol. The maximum Gasteiger partial charge on any atom is 0.266 e. The van der Waals surface area contributed by atoms with Gasteiger partial charge in [0.15, 0.2) is 0 Å². The number of pyridine rings is 1. The number of rotatable bonds is 6. The standard InChI is InChI=1S/C20H20BrN5O5S/c21-12-4-5-15-14(9-12)18(17(25-15)19(22)27)32(29,30)26-7-8-31-16(11-26)20(28)24-10-13-3-1-2-6-23-13/h1-6,9,16,25H,7-8,10-11H2,(H2,22,27)(H,24,28). The predicted molar refractivity (Wildman–Crippen MR) is 119 cm³/mol. The van der Waals surface area contributed by atoms with Crippen LogP contribution >= 0.6 is 15.9 Å². The van der Waals surface area contributed by atoms with Crippen molar-refractivity contribution in [2.24, 2.45) is 5.73 Å². The molecule has 0 saturated carbocycles. The Labute approximate surface area is 192 Å². The van der Waals surface area contributed by atoms with Crippen LogP contribution in [0.15, 0.2) is 52.0 Å². The van der Waals surface area contributed by atoms with Gasteiger partial charge in [-0.05, 0) is 30.3 Å². The molecule has 3 heterocycles. The van der Waals surface area contributed by atoms with E-state index in [2.05, 4.69) is 31.2 Å². The first-order valence-electron chi connectivity index (χ1n) is 9.68. The number of nitrogens with two attached hydrogens (primary N) is 1. The summed E-state index contributed by atoms with van der Waals surface area (Å²) >= 11 is 3.32. The lowest BCUT2D eigenvalue weighted by atomic mass is 10.2. The van der Waals surface area contributed by atoms with E-state index in [1.165, 1.54) is 0 Å². The highest BCUT2D eigenvalue weighted by Gasteiger charge is 2.37. The highest BCUT2D eigenvalue weighted by Crippen LogP contribution is 2.32. The quantitative estimate of drug-likeness (QED) is 0.442. The van der Waals surface area contributed by atoms with Crippen LogP contribution in [0.25, 0.3) is 10.9 Å². The molecule has 0 bridgehead atoms. The molecular formula is C20H20BrN5O5S. The fraction of sp³-hybridized carbons (Fsp3) is 0.250. The fourth-order valence-electron chi connectivity index (χ4n) is 3.51. The van der Waals surface area contributed by atoms with Gasteiger partial charge in [0, 0.05) is 34.7 Å². The Balaban J connectivity index is 1.59. The van der Waals surface area contributed by atoms with Crippen LogP contribution in [-0.2, 0) is 26.1 Å². The molecule has 0 spiro atoms. The highest BCUT2D eigenvalue weighted by molar-refractivity contribution is 9.10. The van der Waals surface area contributed by atoms with Gasteiger partial charge in [-0.1, -0.05) is 22.0 Å². The van der Waals surface area contributed by atoms with Crippen LogP contribution in [-0.4, -0.2) is 60.3 Å². The van der Waals surface area contributed by atoms with Gasteiger partial charge >= 0.3 is 0 Å². The molecule has 1 aromatic carbocycles. The molecular weight excluding hydrogens is 502 g/mol. The number of aromatic amines is 1. The minimum atomic E-state index is -4.16. The molecule has 1 saturated heterocycles. The summed E-state index contributed by atoms with van der Waals surface area (Å²) in [5, 5.41) is 3.04. The molecule has 4 N–H and O–H groups in total. The maximum atomic E-state index is 13.5. The summed E-state index contributed by atoms with van der Waals surface area (Å²) in [6.07, 6.45) is 0.610. The molecule has 0 radical (unpaired) electrons. The van der Waals surface area contributed by atoms with E-state index in [1.807, 2.05) is 0 Å². The molecule has 1 atom stereocenters. The van der Waals surface area contributed by atoms with Gasteiger partial charge in [0.1, 0.15) is 16.7 Å². The number of amides is 2. The maximum absolute atomic E-state index is 13.5. The van der Waals surface area contributed by atoms with Gasteiger partial charge in [-0.2, -0.15) is 4.31 Å². The van der Waals surface area contributed by atoms with Crippen molar-refractivity contribution in [3.05, 3.63) is 58.5 Å². The molecule has 1 aliphatic heterocycles. The number of primary amides is 1. The van der Waals surface area contributed by atoms with Gasteiger partial charge in [0.05, 0.1) is 18.8 Å². The zero-order valence-corrected chi connectivity index (χ0v) is 19.1. The molecule has 1 unspecified atom stereocenters. The van der Waals surface area contributed by atoms with Crippen LogP contribution < -0.4 is 11.1 Å². The van der Waals surface area contributed by atoms with Crippen LogP contribution in [0.2, 0.25) is 0 Å². The molecule has 168 valence electrons. The first-order valence-corrected chi connectivity index (χ1v) is 11.9. The number of ether oxygens (including phenoxy) is 1. The number of fused-ring (bicyclic) bond motifs is 1. The van der Waals surface area contributed by atoms with Gasteiger partial charge in [-0.25, -0.2) is 8.42 Å². The average Bonchev–Trinajstić information content (AvgIpc) is 3.18. The highest BCUT2D eigenvalue weighted by atomic mass is 79.9. The van der Waals surface area contributed by atoms with E-state index < -0.39 is 27.9 Å². The predicted octanol–water partition coefficient (Wildman–Crippen LogP) is 1.13. The van der Waals surface area contributed by atoms with Crippen LogP contribution in [0, 0.1) is 0 Å². The lowest BCUT2D eigenvalue weighted by Crippen LogP contribution is -2.51. The third kappa shape index (κ3) is 4.39. The number of nitrogens with one attached hydrogen (secondary N) is 2. The van der Waals surface area contributed by atoms with Crippen molar-refractivity contribution in [1.29, 1.82) is 0 Å². The molecule has 10 nitrogen and oxygen atoms in total. The van der Waals surface area contributed by atoms with Crippen molar-refractivity contribution in [3.63, 3.8) is 0 Å². The minimum absolute atomic E-state index is 0.0266. The van der Waals surface area contributed by atoms with Crippen molar-refractivity contribution >= 4 is 48.7 Å². The van der Waals surface area contributed by atoms with Crippen molar-refractivity contribution in [3.8, 4) is 0 Å². The molecule has 32 heavy (non-hydrogen) atoms. The van der Waals surface area contributed by atoms with E-state index in [-0.39, 0.29) is 36.8 Å². The van der Waals surface area contributed by atoms with Crippen molar-refractivity contribution in [2.75, 3.05) is 19.7 Å². The van der Waals surface area contributed by atoms with E-state index in [4.69, 9.17) is 10.5 Å². The van der Waals surface area contributed by atoms with Crippen molar-refractivity contribution < 1.29 is 22.7 Å². The van der Waals surface area contributed by atoms with Crippen LogP contribution in [0.1, 0.15) is 16.2 Å². The zero-order chi connectivity index (χ0) is 22.9. The lowest BCUT2D eigenvalue weighted by molar-refractivity contribution is -0.136. The van der Waals surface area contributed by atoms with Crippen molar-refractivity contribution in [2.45, 2.75) is 17.5 Å². The van der Waals surface area contributed by atoms with E-state index in [9.17, 15) is 18.0 Å². The Bertz CT molecular complexity index is 1280. The number of benzene rings is 1. The monoisotopic (exact) mass is 521 g/mol. The summed E-state index contributed by atoms with van der Waals surface area (Å²) in [6, 6.07) is 10.3. The van der Waals surface area contributed by atoms with Crippen LogP contribution in [0.3, 0.4) is 0 Å². The largest absolute Gasteiger partial charge is 0.366 e. The number of H-pyrrole nitrogens is 1. The van der Waals surface area contributed by atoms with Gasteiger partial charge in [-0.15, -0.1) is 0 Å². The molecule has 12 heteroatoms. The van der Waals surface area contributed by atoms with Crippen LogP contribution in [0.4, 0.5) is 0 Å². The number of morpholine rings is 1. The topological polar surface area (TPSA) is 147 Å². The summed E-state index contributed by atoms with van der Waals surface area (Å²) in [4.78, 5) is 31.3. The SMILES string of the molecule is NC(=O)c1[nH]c2ccc(Br)cc2c1S(=O)(=O)N1CCOC(C(=O)NCc2ccccn2)C1. The summed E-state index contributed by atoms with van der Waals surface area (Å²) in [5.41, 5.74) is 6.37. The smallest absolute Gasteiger partial charge is 0.266 e. The second-order valence-corrected chi connectivity index (χ2v) is 9.94. The van der Waals surface area contributed by atoms with E-state index in [1.54, 1.807) is 42.6 Å². The third-order valence-corrected chi connectivity index (χ3v) is 7.49. The number of hydrogen-bond donors (Lipinski definition) is 3. The Morgan fingerprint density at radius 2 is 2.12 bits per heavy atom. The molecule has 4 rings (SSSR count). The molecule has 2 aromatic heterocycles. The van der Waals surface area contributed by atoms with Gasteiger partial charge in [0.25, 0.3) is 11.8 Å². The number of sulfonamides is 1. The molecule has 3 aromatic rings. The fourth-order valence-corrected chi connectivity index (χ4v) is 5.63. The number of nitrogens with zero attached hydrogens (tertiary/aromatic N) is 2. The Morgan fingerprint density at radius 3 is 2.84 bits per heavy atom. The van der Waals surface area contributed by atoms with E-state index in [0.29, 0.717) is 21.1 Å². The van der Waals surface area contributed by atoms with E-state index >= 15 is 0 Å². The molecule has 2 amide bonds. The minimum Gasteiger partial charge on any atom is -0.366 e. The number of hydrogen-bond acceptors (Lipinski definition) is 6. The normalized spacial score (nSPS) is 17.3. The van der Waals surface area contributed by atoms with Gasteiger partial charge in [0.2, 0.25) is 10.0 Å². The molecule has 0 aliphatic carbocycles. The number of carbonyl (C=O) groups excluding carboxylic acids is 2. The summed E-state index contributed by atoms with van der Waals surface area (Å²) in [5.74, 6) is -1.35. The third-order valence-electron chi connectivity index (χ3n) is 5.05. The Morgan fingerprint density at radius 1 is 1.31 bits per heavy atom. The Hall–Kier alpha value is -2.80. The molecule has 1 fully saturated rings. The number of halogens is 1. The molecule has 1 aliphatic rings. The lowest BCUT2D eigenvalue weighted by Gasteiger charge is -2.31. The first kappa shape index (κ1) is 22.4. The van der Waals surface area contributed by atoms with Crippen molar-refractivity contribution in [1.82, 2.24) is 19.6 Å². The first-order chi connectivity index (χ1) is 15.3. The zero-order valence-electron chi connectivity index (χ0n) is 16.7. The summed E-state index contributed by atoms with van der Waals surface area (Å²) in [7, 11) is -4.16. The number of aromatic nitrogens is 2. The van der Waals surface area contributed by atoms with E-state index in [0.717, 1.165) is 4.31 Å².